The highest BCUT2D eigenvalue weighted by atomic mass is 32.1. The molecule has 0 aliphatic carbocycles. The number of fused-ring (bicyclic) bond motifs is 8. The van der Waals surface area contributed by atoms with Crippen LogP contribution in [0.15, 0.2) is 176 Å². The van der Waals surface area contributed by atoms with Crippen molar-refractivity contribution in [1.29, 1.82) is 0 Å². The minimum absolute atomic E-state index is 1.18. The van der Waals surface area contributed by atoms with Crippen molar-refractivity contribution >= 4 is 64.1 Å². The summed E-state index contributed by atoms with van der Waals surface area (Å²) >= 11 is 1.92. The molecule has 0 fully saturated rings. The molecule has 0 spiro atoms. The van der Waals surface area contributed by atoms with E-state index >= 15 is 0 Å². The van der Waals surface area contributed by atoms with Gasteiger partial charge in [-0.05, 0) is 57.3 Å². The molecule has 2 heterocycles. The van der Waals surface area contributed by atoms with E-state index in [0.29, 0.717) is 0 Å². The molecule has 2 aromatic heterocycles. The summed E-state index contributed by atoms with van der Waals surface area (Å²) in [5, 5.41) is 7.77. The fourth-order valence-electron chi connectivity index (χ4n) is 7.63. The zero-order chi connectivity index (χ0) is 31.6. The van der Waals surface area contributed by atoms with Crippen molar-refractivity contribution in [3.05, 3.63) is 176 Å². The third kappa shape index (κ3) is 4.10. The maximum atomic E-state index is 2.46. The van der Waals surface area contributed by atoms with Gasteiger partial charge in [-0.15, -0.1) is 11.3 Å². The van der Waals surface area contributed by atoms with Gasteiger partial charge in [-0.1, -0.05) is 152 Å². The van der Waals surface area contributed by atoms with Crippen LogP contribution >= 0.6 is 11.3 Å². The van der Waals surface area contributed by atoms with Crippen molar-refractivity contribution in [3.8, 4) is 39.1 Å². The highest BCUT2D eigenvalue weighted by Crippen LogP contribution is 2.46. The van der Waals surface area contributed by atoms with Crippen LogP contribution in [0.25, 0.3) is 91.8 Å². The molecule has 0 saturated carbocycles. The summed E-state index contributed by atoms with van der Waals surface area (Å²) in [7, 11) is 0. The molecular weight excluding hydrogens is 599 g/mol. The molecular formula is C46H29NS. The molecule has 224 valence electrons. The van der Waals surface area contributed by atoms with Crippen LogP contribution < -0.4 is 0 Å². The van der Waals surface area contributed by atoms with E-state index in [9.17, 15) is 0 Å². The highest BCUT2D eigenvalue weighted by molar-refractivity contribution is 7.27. The van der Waals surface area contributed by atoms with Crippen molar-refractivity contribution in [3.63, 3.8) is 0 Å². The molecule has 48 heavy (non-hydrogen) atoms. The number of thiophene rings is 1. The van der Waals surface area contributed by atoms with Crippen molar-refractivity contribution in [2.45, 2.75) is 0 Å². The quantitative estimate of drug-likeness (QED) is 0.183. The predicted octanol–water partition coefficient (Wildman–Crippen LogP) is 13.3. The number of benzene rings is 8. The lowest BCUT2D eigenvalue weighted by molar-refractivity contribution is 1.18. The lowest BCUT2D eigenvalue weighted by Gasteiger charge is -2.17. The summed E-state index contributed by atoms with van der Waals surface area (Å²) in [4.78, 5) is 0. The van der Waals surface area contributed by atoms with Crippen LogP contribution in [0.2, 0.25) is 0 Å². The van der Waals surface area contributed by atoms with Gasteiger partial charge < -0.3 is 4.57 Å². The van der Waals surface area contributed by atoms with E-state index in [1.54, 1.807) is 0 Å². The Hall–Kier alpha value is -5.96. The Bertz CT molecular complexity index is 2840. The molecule has 8 aromatic carbocycles. The Morgan fingerprint density at radius 3 is 1.83 bits per heavy atom. The Morgan fingerprint density at radius 2 is 0.958 bits per heavy atom. The Morgan fingerprint density at radius 1 is 0.333 bits per heavy atom. The van der Waals surface area contributed by atoms with Gasteiger partial charge in [0.25, 0.3) is 0 Å². The Kier molecular flexibility index (Phi) is 6.12. The maximum Gasteiger partial charge on any atom is 0.0541 e. The van der Waals surface area contributed by atoms with Crippen LogP contribution in [0.5, 0.6) is 0 Å². The van der Waals surface area contributed by atoms with Crippen LogP contribution in [0.4, 0.5) is 0 Å². The molecule has 0 radical (unpaired) electrons. The van der Waals surface area contributed by atoms with Crippen molar-refractivity contribution in [2.24, 2.45) is 0 Å². The maximum absolute atomic E-state index is 2.46. The second kappa shape index (κ2) is 10.8. The smallest absolute Gasteiger partial charge is 0.0541 e. The lowest BCUT2D eigenvalue weighted by Crippen LogP contribution is -1.98. The molecule has 0 saturated heterocycles. The Labute approximate surface area is 282 Å². The van der Waals surface area contributed by atoms with Crippen molar-refractivity contribution < 1.29 is 0 Å². The van der Waals surface area contributed by atoms with Gasteiger partial charge in [0.05, 0.1) is 16.7 Å². The zero-order valence-corrected chi connectivity index (χ0v) is 26.9. The zero-order valence-electron chi connectivity index (χ0n) is 26.1. The van der Waals surface area contributed by atoms with Gasteiger partial charge in [0.2, 0.25) is 0 Å². The number of hydrogen-bond acceptors (Lipinski definition) is 1. The van der Waals surface area contributed by atoms with Crippen LogP contribution in [0.1, 0.15) is 0 Å². The van der Waals surface area contributed by atoms with Crippen LogP contribution in [-0.2, 0) is 0 Å². The summed E-state index contributed by atoms with van der Waals surface area (Å²) in [6, 6.07) is 64.3. The SMILES string of the molecule is c1ccc(-c2ccc3c(c2)c2ccccc2n3-c2ccccc2-c2ccccc2-c2cccc3c2sc2c4ccccc4ccc32)cc1. The first-order chi connectivity index (χ1) is 23.8. The summed E-state index contributed by atoms with van der Waals surface area (Å²) < 4.78 is 5.14. The summed E-state index contributed by atoms with van der Waals surface area (Å²) in [5.74, 6) is 0. The van der Waals surface area contributed by atoms with E-state index < -0.39 is 0 Å². The van der Waals surface area contributed by atoms with Crippen LogP contribution in [0.3, 0.4) is 0 Å². The molecule has 10 aromatic rings. The summed E-state index contributed by atoms with van der Waals surface area (Å²) in [6.07, 6.45) is 0. The fourth-order valence-corrected chi connectivity index (χ4v) is 8.99. The number of aromatic nitrogens is 1. The topological polar surface area (TPSA) is 4.93 Å². The minimum Gasteiger partial charge on any atom is -0.309 e. The van der Waals surface area contributed by atoms with Crippen molar-refractivity contribution in [2.75, 3.05) is 0 Å². The molecule has 0 N–H and O–H groups in total. The fraction of sp³-hybridized carbons (Fsp3) is 0. The highest BCUT2D eigenvalue weighted by Gasteiger charge is 2.19. The van der Waals surface area contributed by atoms with Gasteiger partial charge in [-0.25, -0.2) is 0 Å². The molecule has 0 unspecified atom stereocenters. The van der Waals surface area contributed by atoms with Gasteiger partial charge in [0.15, 0.2) is 0 Å². The second-order valence-corrected chi connectivity index (χ2v) is 13.5. The van der Waals surface area contributed by atoms with Gasteiger partial charge in [-0.3, -0.25) is 0 Å². The number of rotatable bonds is 4. The first-order valence-corrected chi connectivity index (χ1v) is 17.3. The van der Waals surface area contributed by atoms with E-state index in [4.69, 9.17) is 0 Å². The molecule has 0 amide bonds. The average Bonchev–Trinajstić information content (AvgIpc) is 3.71. The van der Waals surface area contributed by atoms with Crippen molar-refractivity contribution in [1.82, 2.24) is 4.57 Å². The molecule has 0 atom stereocenters. The van der Waals surface area contributed by atoms with Gasteiger partial charge >= 0.3 is 0 Å². The summed E-state index contributed by atoms with van der Waals surface area (Å²) in [5.41, 5.74) is 11.0. The molecule has 0 bridgehead atoms. The van der Waals surface area contributed by atoms with Crippen LogP contribution in [-0.4, -0.2) is 4.57 Å². The van der Waals surface area contributed by atoms with E-state index in [0.717, 1.165) is 0 Å². The molecule has 0 aliphatic rings. The van der Waals surface area contributed by atoms with E-state index in [-0.39, 0.29) is 0 Å². The van der Waals surface area contributed by atoms with Gasteiger partial charge in [0.1, 0.15) is 0 Å². The average molecular weight is 628 g/mol. The largest absolute Gasteiger partial charge is 0.309 e. The van der Waals surface area contributed by atoms with Gasteiger partial charge in [0, 0.05) is 42.1 Å². The number of hydrogen-bond donors (Lipinski definition) is 0. The molecule has 10 rings (SSSR count). The van der Waals surface area contributed by atoms with E-state index in [1.165, 1.54) is 91.8 Å². The van der Waals surface area contributed by atoms with E-state index in [1.807, 2.05) is 11.3 Å². The van der Waals surface area contributed by atoms with Gasteiger partial charge in [-0.2, -0.15) is 0 Å². The van der Waals surface area contributed by atoms with Crippen LogP contribution in [0, 0.1) is 0 Å². The first kappa shape index (κ1) is 27.2. The number of nitrogens with zero attached hydrogens (tertiary/aromatic N) is 1. The predicted molar refractivity (Wildman–Crippen MR) is 207 cm³/mol. The molecule has 2 heteroatoms. The molecule has 0 aliphatic heterocycles. The third-order valence-electron chi connectivity index (χ3n) is 9.82. The first-order valence-electron chi connectivity index (χ1n) is 16.4. The van der Waals surface area contributed by atoms with E-state index in [2.05, 4.69) is 180 Å². The standard InChI is InChI=1S/C46H29NS/c1-2-13-30(14-3-1)32-26-28-44-41(29-32)37-20-9-11-24-43(37)47(44)42-23-10-8-19-36(42)34-17-6-7-18-35(34)38-21-12-22-39-40-27-25-31-15-4-5-16-33(31)45(40)48-46(38)39/h1-29H. The monoisotopic (exact) mass is 627 g/mol. The Balaban J connectivity index is 1.21. The minimum atomic E-state index is 1.18. The third-order valence-corrected chi connectivity index (χ3v) is 11.1. The number of para-hydroxylation sites is 2. The summed E-state index contributed by atoms with van der Waals surface area (Å²) in [6.45, 7) is 0. The lowest BCUT2D eigenvalue weighted by atomic mass is 9.92. The second-order valence-electron chi connectivity index (χ2n) is 12.5. The normalized spacial score (nSPS) is 11.8. The molecule has 1 nitrogen and oxygen atoms in total.